The second-order valence-corrected chi connectivity index (χ2v) is 4.20. The third kappa shape index (κ3) is 1.72. The predicted octanol–water partition coefficient (Wildman–Crippen LogP) is 4.05. The SMILES string of the molecule is Cc1cccc2cc(-c3ccc(F)cc3)cn12. The smallest absolute Gasteiger partial charge is 0.123 e. The van der Waals surface area contributed by atoms with Crippen molar-refractivity contribution in [2.45, 2.75) is 6.92 Å². The van der Waals surface area contributed by atoms with E-state index in [1.807, 2.05) is 6.07 Å². The fourth-order valence-electron chi connectivity index (χ4n) is 2.08. The summed E-state index contributed by atoms with van der Waals surface area (Å²) in [6.45, 7) is 2.07. The summed E-state index contributed by atoms with van der Waals surface area (Å²) in [6.07, 6.45) is 2.08. The zero-order valence-corrected chi connectivity index (χ0v) is 9.52. The predicted molar refractivity (Wildman–Crippen MR) is 67.5 cm³/mol. The van der Waals surface area contributed by atoms with Crippen LogP contribution >= 0.6 is 0 Å². The molecule has 1 nitrogen and oxygen atoms in total. The highest BCUT2D eigenvalue weighted by Gasteiger charge is 2.03. The van der Waals surface area contributed by atoms with Crippen molar-refractivity contribution in [3.8, 4) is 11.1 Å². The molecular formula is C15H12FN. The Labute approximate surface area is 99.1 Å². The summed E-state index contributed by atoms with van der Waals surface area (Å²) in [6, 6.07) is 14.9. The summed E-state index contributed by atoms with van der Waals surface area (Å²) in [5, 5.41) is 0. The number of aryl methyl sites for hydroxylation is 1. The van der Waals surface area contributed by atoms with E-state index in [2.05, 4.69) is 35.7 Å². The Morgan fingerprint density at radius 2 is 1.71 bits per heavy atom. The van der Waals surface area contributed by atoms with Gasteiger partial charge in [-0.05, 0) is 42.8 Å². The molecule has 84 valence electrons. The van der Waals surface area contributed by atoms with Crippen LogP contribution in [-0.4, -0.2) is 4.40 Å². The maximum absolute atomic E-state index is 12.9. The Bertz CT molecular complexity index is 665. The first-order valence-corrected chi connectivity index (χ1v) is 5.58. The minimum Gasteiger partial charge on any atom is -0.321 e. The van der Waals surface area contributed by atoms with Gasteiger partial charge in [0.2, 0.25) is 0 Å². The molecule has 0 saturated carbocycles. The van der Waals surface area contributed by atoms with Gasteiger partial charge in [-0.25, -0.2) is 4.39 Å². The molecule has 1 aromatic carbocycles. The second kappa shape index (κ2) is 3.74. The Morgan fingerprint density at radius 3 is 2.41 bits per heavy atom. The number of halogens is 1. The maximum Gasteiger partial charge on any atom is 0.123 e. The Kier molecular flexibility index (Phi) is 2.22. The number of nitrogens with zero attached hydrogens (tertiary/aromatic N) is 1. The quantitative estimate of drug-likeness (QED) is 0.588. The summed E-state index contributed by atoms with van der Waals surface area (Å²) >= 11 is 0. The van der Waals surface area contributed by atoms with Gasteiger partial charge in [0.15, 0.2) is 0 Å². The zero-order valence-electron chi connectivity index (χ0n) is 9.52. The number of benzene rings is 1. The molecule has 2 heterocycles. The van der Waals surface area contributed by atoms with Crippen LogP contribution in [0.3, 0.4) is 0 Å². The summed E-state index contributed by atoms with van der Waals surface area (Å²) in [5.41, 5.74) is 4.49. The van der Waals surface area contributed by atoms with Crippen LogP contribution in [0.1, 0.15) is 5.69 Å². The molecule has 2 aromatic heterocycles. The number of pyridine rings is 1. The first-order valence-electron chi connectivity index (χ1n) is 5.58. The molecule has 0 spiro atoms. The van der Waals surface area contributed by atoms with Gasteiger partial charge in [-0.15, -0.1) is 0 Å². The average molecular weight is 225 g/mol. The fourth-order valence-corrected chi connectivity index (χ4v) is 2.08. The van der Waals surface area contributed by atoms with Crippen molar-refractivity contribution < 1.29 is 4.39 Å². The minimum atomic E-state index is -0.200. The van der Waals surface area contributed by atoms with Crippen molar-refractivity contribution in [1.29, 1.82) is 0 Å². The number of hydrogen-bond donors (Lipinski definition) is 0. The van der Waals surface area contributed by atoms with Gasteiger partial charge < -0.3 is 4.40 Å². The van der Waals surface area contributed by atoms with Crippen LogP contribution in [-0.2, 0) is 0 Å². The number of fused-ring (bicyclic) bond motifs is 1. The molecule has 0 saturated heterocycles. The van der Waals surface area contributed by atoms with Crippen molar-refractivity contribution in [2.75, 3.05) is 0 Å². The van der Waals surface area contributed by atoms with Crippen molar-refractivity contribution in [2.24, 2.45) is 0 Å². The molecule has 0 atom stereocenters. The number of rotatable bonds is 1. The lowest BCUT2D eigenvalue weighted by molar-refractivity contribution is 0.628. The van der Waals surface area contributed by atoms with Crippen molar-refractivity contribution >= 4 is 5.52 Å². The summed E-state index contributed by atoms with van der Waals surface area (Å²) in [5.74, 6) is -0.200. The van der Waals surface area contributed by atoms with Gasteiger partial charge >= 0.3 is 0 Å². The molecule has 0 aliphatic rings. The topological polar surface area (TPSA) is 4.41 Å². The summed E-state index contributed by atoms with van der Waals surface area (Å²) < 4.78 is 15.0. The molecule has 0 aliphatic carbocycles. The Hall–Kier alpha value is -2.09. The molecule has 0 unspecified atom stereocenters. The highest BCUT2D eigenvalue weighted by Crippen LogP contribution is 2.23. The average Bonchev–Trinajstić information content (AvgIpc) is 2.75. The first kappa shape index (κ1) is 10.1. The Balaban J connectivity index is 2.18. The van der Waals surface area contributed by atoms with Gasteiger partial charge in [-0.3, -0.25) is 0 Å². The van der Waals surface area contributed by atoms with Gasteiger partial charge in [-0.1, -0.05) is 18.2 Å². The molecule has 3 rings (SSSR count). The second-order valence-electron chi connectivity index (χ2n) is 4.20. The molecule has 17 heavy (non-hydrogen) atoms. The van der Waals surface area contributed by atoms with Gasteiger partial charge in [0.1, 0.15) is 5.82 Å². The highest BCUT2D eigenvalue weighted by atomic mass is 19.1. The lowest BCUT2D eigenvalue weighted by Gasteiger charge is -1.98. The van der Waals surface area contributed by atoms with Crippen LogP contribution in [0, 0.1) is 12.7 Å². The van der Waals surface area contributed by atoms with E-state index in [-0.39, 0.29) is 5.82 Å². The third-order valence-electron chi connectivity index (χ3n) is 3.01. The van der Waals surface area contributed by atoms with Crippen LogP contribution in [0.2, 0.25) is 0 Å². The largest absolute Gasteiger partial charge is 0.321 e. The van der Waals surface area contributed by atoms with Gasteiger partial charge in [0.05, 0.1) is 0 Å². The van der Waals surface area contributed by atoms with Crippen LogP contribution in [0.4, 0.5) is 4.39 Å². The maximum atomic E-state index is 12.9. The lowest BCUT2D eigenvalue weighted by Crippen LogP contribution is -1.86. The standard InChI is InChI=1S/C15H12FN/c1-11-3-2-4-15-9-13(10-17(11)15)12-5-7-14(16)8-6-12/h2-10H,1H3. The summed E-state index contributed by atoms with van der Waals surface area (Å²) in [4.78, 5) is 0. The zero-order chi connectivity index (χ0) is 11.8. The van der Waals surface area contributed by atoms with Crippen molar-refractivity contribution in [1.82, 2.24) is 4.40 Å². The van der Waals surface area contributed by atoms with E-state index in [4.69, 9.17) is 0 Å². The molecule has 0 radical (unpaired) electrons. The monoisotopic (exact) mass is 225 g/mol. The van der Waals surface area contributed by atoms with Crippen LogP contribution in [0.15, 0.2) is 54.7 Å². The van der Waals surface area contributed by atoms with E-state index in [0.29, 0.717) is 0 Å². The van der Waals surface area contributed by atoms with Crippen molar-refractivity contribution in [3.63, 3.8) is 0 Å². The molecule has 0 fully saturated rings. The molecule has 0 N–H and O–H groups in total. The van der Waals surface area contributed by atoms with Crippen molar-refractivity contribution in [3.05, 3.63) is 66.2 Å². The summed E-state index contributed by atoms with van der Waals surface area (Å²) in [7, 11) is 0. The Morgan fingerprint density at radius 1 is 0.941 bits per heavy atom. The molecule has 2 heteroatoms. The van der Waals surface area contributed by atoms with Crippen LogP contribution in [0.25, 0.3) is 16.6 Å². The van der Waals surface area contributed by atoms with E-state index in [9.17, 15) is 4.39 Å². The lowest BCUT2D eigenvalue weighted by atomic mass is 10.1. The van der Waals surface area contributed by atoms with E-state index in [1.54, 1.807) is 12.1 Å². The van der Waals surface area contributed by atoms with Gasteiger partial charge in [0, 0.05) is 23.0 Å². The first-order chi connectivity index (χ1) is 8.24. The third-order valence-corrected chi connectivity index (χ3v) is 3.01. The van der Waals surface area contributed by atoms with E-state index < -0.39 is 0 Å². The number of aromatic nitrogens is 1. The molecule has 0 bridgehead atoms. The highest BCUT2D eigenvalue weighted by molar-refractivity contribution is 5.70. The van der Waals surface area contributed by atoms with Gasteiger partial charge in [-0.2, -0.15) is 0 Å². The van der Waals surface area contributed by atoms with E-state index in [1.165, 1.54) is 17.8 Å². The van der Waals surface area contributed by atoms with E-state index >= 15 is 0 Å². The van der Waals surface area contributed by atoms with Crippen LogP contribution in [0.5, 0.6) is 0 Å². The van der Waals surface area contributed by atoms with Crippen LogP contribution < -0.4 is 0 Å². The minimum absolute atomic E-state index is 0.200. The molecule has 3 aromatic rings. The molecule has 0 aliphatic heterocycles. The van der Waals surface area contributed by atoms with E-state index in [0.717, 1.165) is 16.6 Å². The molecule has 0 amide bonds. The molecular weight excluding hydrogens is 213 g/mol. The normalized spacial score (nSPS) is 10.9. The number of hydrogen-bond acceptors (Lipinski definition) is 0. The fraction of sp³-hybridized carbons (Fsp3) is 0.0667. The van der Waals surface area contributed by atoms with Gasteiger partial charge in [0.25, 0.3) is 0 Å².